The number of carbonyl (C=O) groups is 1. The zero-order valence-electron chi connectivity index (χ0n) is 13.8. The molecule has 22 heavy (non-hydrogen) atoms. The lowest BCUT2D eigenvalue weighted by molar-refractivity contribution is -0.123. The Balaban J connectivity index is 1.84. The summed E-state index contributed by atoms with van der Waals surface area (Å²) in [5, 5.41) is 3.01. The fourth-order valence-corrected chi connectivity index (χ4v) is 2.87. The summed E-state index contributed by atoms with van der Waals surface area (Å²) in [6, 6.07) is 4.03. The summed E-state index contributed by atoms with van der Waals surface area (Å²) in [6.07, 6.45) is 4.80. The number of hydrogen-bond acceptors (Lipinski definition) is 3. The van der Waals surface area contributed by atoms with E-state index in [0.717, 1.165) is 37.9 Å². The maximum absolute atomic E-state index is 11.9. The van der Waals surface area contributed by atoms with Crippen LogP contribution in [0.4, 0.5) is 0 Å². The molecule has 1 N–H and O–H groups in total. The first-order valence-electron chi connectivity index (χ1n) is 8.18. The number of likely N-dealkylation sites (tertiary alicyclic amines) is 1. The Labute approximate surface area is 132 Å². The van der Waals surface area contributed by atoms with Crippen molar-refractivity contribution in [3.63, 3.8) is 0 Å². The largest absolute Gasteiger partial charge is 0.353 e. The predicted molar refractivity (Wildman–Crippen MR) is 88.0 cm³/mol. The maximum atomic E-state index is 11.9. The molecule has 1 fully saturated rings. The topological polar surface area (TPSA) is 54.3 Å². The molecule has 5 nitrogen and oxygen atoms in total. The molecule has 0 aliphatic carbocycles. The summed E-state index contributed by atoms with van der Waals surface area (Å²) >= 11 is 0. The standard InChI is InChI=1S/C17H27N3O2/c1-4-13(2)18-16(21)12-20-9-6-14(7-10-20)15-5-8-19(3)17(22)11-15/h5,8,11,13-14H,4,6-7,9-10,12H2,1-3H3,(H,18,21). The van der Waals surface area contributed by atoms with Crippen molar-refractivity contribution < 1.29 is 4.79 Å². The van der Waals surface area contributed by atoms with Gasteiger partial charge in [0, 0.05) is 25.4 Å². The summed E-state index contributed by atoms with van der Waals surface area (Å²) in [5.41, 5.74) is 1.18. The first-order chi connectivity index (χ1) is 10.5. The highest BCUT2D eigenvalue weighted by molar-refractivity contribution is 5.78. The van der Waals surface area contributed by atoms with E-state index in [9.17, 15) is 9.59 Å². The molecule has 2 rings (SSSR count). The molecule has 5 heteroatoms. The van der Waals surface area contributed by atoms with E-state index in [1.54, 1.807) is 17.7 Å². The fourth-order valence-electron chi connectivity index (χ4n) is 2.87. The molecule has 1 aliphatic rings. The fraction of sp³-hybridized carbons (Fsp3) is 0.647. The van der Waals surface area contributed by atoms with Gasteiger partial charge in [0.2, 0.25) is 5.91 Å². The average molecular weight is 305 g/mol. The SMILES string of the molecule is CCC(C)NC(=O)CN1CCC(c2ccn(C)c(=O)c2)CC1. The molecule has 0 bridgehead atoms. The zero-order chi connectivity index (χ0) is 16.1. The minimum Gasteiger partial charge on any atom is -0.353 e. The summed E-state index contributed by atoms with van der Waals surface area (Å²) < 4.78 is 1.60. The molecule has 0 radical (unpaired) electrons. The van der Waals surface area contributed by atoms with Gasteiger partial charge in [0.25, 0.3) is 5.56 Å². The van der Waals surface area contributed by atoms with Crippen LogP contribution in [0.5, 0.6) is 0 Å². The average Bonchev–Trinajstić information content (AvgIpc) is 2.50. The first-order valence-corrected chi connectivity index (χ1v) is 8.18. The molecular weight excluding hydrogens is 278 g/mol. The van der Waals surface area contributed by atoms with Gasteiger partial charge in [-0.05, 0) is 56.8 Å². The smallest absolute Gasteiger partial charge is 0.250 e. The molecule has 1 amide bonds. The zero-order valence-corrected chi connectivity index (χ0v) is 13.8. The number of nitrogens with zero attached hydrogens (tertiary/aromatic N) is 2. The van der Waals surface area contributed by atoms with Crippen molar-refractivity contribution in [1.82, 2.24) is 14.8 Å². The quantitative estimate of drug-likeness (QED) is 0.896. The van der Waals surface area contributed by atoms with Gasteiger partial charge in [-0.3, -0.25) is 14.5 Å². The number of amides is 1. The predicted octanol–water partition coefficient (Wildman–Crippen LogP) is 1.48. The molecule has 2 heterocycles. The lowest BCUT2D eigenvalue weighted by Crippen LogP contribution is -2.43. The van der Waals surface area contributed by atoms with Gasteiger partial charge in [0.05, 0.1) is 6.54 Å². The lowest BCUT2D eigenvalue weighted by atomic mass is 9.90. The summed E-state index contributed by atoms with van der Waals surface area (Å²) in [6.45, 7) is 6.40. The van der Waals surface area contributed by atoms with Gasteiger partial charge in [0.1, 0.15) is 0 Å². The lowest BCUT2D eigenvalue weighted by Gasteiger charge is -2.31. The Morgan fingerprint density at radius 3 is 2.68 bits per heavy atom. The normalized spacial score (nSPS) is 18.1. The van der Waals surface area contributed by atoms with Crippen LogP contribution in [-0.2, 0) is 11.8 Å². The highest BCUT2D eigenvalue weighted by atomic mass is 16.2. The van der Waals surface area contributed by atoms with Gasteiger partial charge in [-0.25, -0.2) is 0 Å². The van der Waals surface area contributed by atoms with E-state index in [-0.39, 0.29) is 17.5 Å². The Bertz CT molecular complexity index is 559. The van der Waals surface area contributed by atoms with E-state index < -0.39 is 0 Å². The summed E-state index contributed by atoms with van der Waals surface area (Å²) in [4.78, 5) is 25.8. The Hall–Kier alpha value is -1.62. The van der Waals surface area contributed by atoms with E-state index in [4.69, 9.17) is 0 Å². The minimum atomic E-state index is 0.0489. The Kier molecular flexibility index (Phi) is 5.77. The maximum Gasteiger partial charge on any atom is 0.250 e. The van der Waals surface area contributed by atoms with E-state index in [1.807, 2.05) is 19.2 Å². The minimum absolute atomic E-state index is 0.0489. The van der Waals surface area contributed by atoms with E-state index in [2.05, 4.69) is 17.1 Å². The van der Waals surface area contributed by atoms with Crippen molar-refractivity contribution in [2.45, 2.75) is 45.1 Å². The number of aryl methyl sites for hydroxylation is 1. The summed E-state index contributed by atoms with van der Waals surface area (Å²) in [7, 11) is 1.77. The monoisotopic (exact) mass is 305 g/mol. The molecule has 1 aliphatic heterocycles. The molecule has 1 atom stereocenters. The van der Waals surface area contributed by atoms with Gasteiger partial charge in [-0.15, -0.1) is 0 Å². The molecule has 1 aromatic rings. The van der Waals surface area contributed by atoms with Crippen LogP contribution in [0.15, 0.2) is 23.1 Å². The number of pyridine rings is 1. The number of nitrogens with one attached hydrogen (secondary N) is 1. The number of aromatic nitrogens is 1. The van der Waals surface area contributed by atoms with Gasteiger partial charge in [-0.2, -0.15) is 0 Å². The van der Waals surface area contributed by atoms with Crippen LogP contribution >= 0.6 is 0 Å². The molecule has 1 saturated heterocycles. The molecule has 0 aromatic carbocycles. The molecule has 1 aromatic heterocycles. The van der Waals surface area contributed by atoms with Gasteiger partial charge in [-0.1, -0.05) is 6.92 Å². The van der Waals surface area contributed by atoms with Crippen LogP contribution in [0.25, 0.3) is 0 Å². The van der Waals surface area contributed by atoms with Crippen LogP contribution in [0.3, 0.4) is 0 Å². The van der Waals surface area contributed by atoms with E-state index in [0.29, 0.717) is 12.5 Å². The van der Waals surface area contributed by atoms with E-state index in [1.165, 1.54) is 0 Å². The molecular formula is C17H27N3O2. The highest BCUT2D eigenvalue weighted by Crippen LogP contribution is 2.26. The van der Waals surface area contributed by atoms with Crippen molar-refractivity contribution in [3.05, 3.63) is 34.2 Å². The van der Waals surface area contributed by atoms with Crippen molar-refractivity contribution in [2.24, 2.45) is 7.05 Å². The van der Waals surface area contributed by atoms with Crippen molar-refractivity contribution >= 4 is 5.91 Å². The second kappa shape index (κ2) is 7.58. The van der Waals surface area contributed by atoms with E-state index >= 15 is 0 Å². The second-order valence-electron chi connectivity index (χ2n) is 6.34. The molecule has 0 spiro atoms. The van der Waals surface area contributed by atoms with Crippen LogP contribution < -0.4 is 10.9 Å². The second-order valence-corrected chi connectivity index (χ2v) is 6.34. The van der Waals surface area contributed by atoms with Crippen molar-refractivity contribution in [3.8, 4) is 0 Å². The number of hydrogen-bond donors (Lipinski definition) is 1. The number of piperidine rings is 1. The third kappa shape index (κ3) is 4.44. The first kappa shape index (κ1) is 16.7. The van der Waals surface area contributed by atoms with Gasteiger partial charge >= 0.3 is 0 Å². The molecule has 0 saturated carbocycles. The van der Waals surface area contributed by atoms with Crippen LogP contribution in [0.2, 0.25) is 0 Å². The van der Waals surface area contributed by atoms with Crippen LogP contribution in [0.1, 0.15) is 44.6 Å². The Morgan fingerprint density at radius 1 is 1.41 bits per heavy atom. The summed E-state index contributed by atoms with van der Waals surface area (Å²) in [5.74, 6) is 0.546. The third-order valence-electron chi connectivity index (χ3n) is 4.57. The van der Waals surface area contributed by atoms with Crippen molar-refractivity contribution in [1.29, 1.82) is 0 Å². The van der Waals surface area contributed by atoms with Crippen molar-refractivity contribution in [2.75, 3.05) is 19.6 Å². The number of rotatable bonds is 5. The molecule has 122 valence electrons. The Morgan fingerprint density at radius 2 is 2.09 bits per heavy atom. The van der Waals surface area contributed by atoms with Crippen LogP contribution in [-0.4, -0.2) is 41.1 Å². The van der Waals surface area contributed by atoms with Crippen LogP contribution in [0, 0.1) is 0 Å². The molecule has 1 unspecified atom stereocenters. The number of carbonyl (C=O) groups excluding carboxylic acids is 1. The third-order valence-corrected chi connectivity index (χ3v) is 4.57. The highest BCUT2D eigenvalue weighted by Gasteiger charge is 2.22. The van der Waals surface area contributed by atoms with Gasteiger partial charge < -0.3 is 9.88 Å². The van der Waals surface area contributed by atoms with Gasteiger partial charge in [0.15, 0.2) is 0 Å².